The Hall–Kier alpha value is -2.20. The fourth-order valence-electron chi connectivity index (χ4n) is 1.90. The minimum absolute atomic E-state index is 0.765. The molecule has 19 heavy (non-hydrogen) atoms. The fourth-order valence-corrected chi connectivity index (χ4v) is 2.82. The van der Waals surface area contributed by atoms with Crippen LogP contribution in [0.4, 0.5) is 5.69 Å². The maximum atomic E-state index is 5.71. The van der Waals surface area contributed by atoms with Crippen molar-refractivity contribution in [2.24, 2.45) is 0 Å². The highest BCUT2D eigenvalue weighted by Crippen LogP contribution is 2.32. The highest BCUT2D eigenvalue weighted by Gasteiger charge is 2.11. The second kappa shape index (κ2) is 4.82. The number of pyridine rings is 1. The Labute approximate surface area is 115 Å². The lowest BCUT2D eigenvalue weighted by molar-refractivity contribution is 1.29. The molecule has 4 heteroatoms. The van der Waals surface area contributed by atoms with Gasteiger partial charge in [-0.3, -0.25) is 4.98 Å². The first-order chi connectivity index (χ1) is 9.24. The summed E-state index contributed by atoms with van der Waals surface area (Å²) in [6.45, 7) is 2.08. The molecule has 0 atom stereocenters. The summed E-state index contributed by atoms with van der Waals surface area (Å²) in [6.07, 6.45) is 1.79. The number of benzene rings is 1. The normalized spacial score (nSPS) is 10.6. The van der Waals surface area contributed by atoms with Gasteiger partial charge in [0.2, 0.25) is 0 Å². The first-order valence-corrected chi connectivity index (χ1v) is 6.80. The molecule has 0 saturated carbocycles. The summed E-state index contributed by atoms with van der Waals surface area (Å²) in [6, 6.07) is 13.7. The van der Waals surface area contributed by atoms with E-state index in [-0.39, 0.29) is 0 Å². The average Bonchev–Trinajstić information content (AvgIpc) is 2.83. The van der Waals surface area contributed by atoms with Gasteiger partial charge >= 0.3 is 0 Å². The van der Waals surface area contributed by atoms with Crippen LogP contribution in [0.5, 0.6) is 0 Å². The molecular formula is C15H13N3S. The second-order valence-corrected chi connectivity index (χ2v) is 5.46. The van der Waals surface area contributed by atoms with Crippen LogP contribution in [0.3, 0.4) is 0 Å². The molecule has 0 aliphatic carbocycles. The standard InChI is InChI=1S/C15H13N3S/c1-10-14(11-5-7-12(16)8-6-11)18-15(19-10)13-4-2-3-9-17-13/h2-9H,16H2,1H3. The lowest BCUT2D eigenvalue weighted by Crippen LogP contribution is -1.86. The summed E-state index contributed by atoms with van der Waals surface area (Å²) in [5.74, 6) is 0. The maximum absolute atomic E-state index is 5.71. The Morgan fingerprint density at radius 2 is 1.84 bits per heavy atom. The average molecular weight is 267 g/mol. The zero-order chi connectivity index (χ0) is 13.2. The highest BCUT2D eigenvalue weighted by molar-refractivity contribution is 7.15. The summed E-state index contributed by atoms with van der Waals surface area (Å²) >= 11 is 1.66. The summed E-state index contributed by atoms with van der Waals surface area (Å²) < 4.78 is 0. The molecular weight excluding hydrogens is 254 g/mol. The number of aryl methyl sites for hydroxylation is 1. The van der Waals surface area contributed by atoms with Gasteiger partial charge in [0.1, 0.15) is 5.01 Å². The Kier molecular flexibility index (Phi) is 3.01. The number of aromatic nitrogens is 2. The third kappa shape index (κ3) is 2.35. The Morgan fingerprint density at radius 1 is 1.05 bits per heavy atom. The molecule has 2 heterocycles. The number of nitrogens with zero attached hydrogens (tertiary/aromatic N) is 2. The summed E-state index contributed by atoms with van der Waals surface area (Å²) in [5.41, 5.74) is 9.48. The lowest BCUT2D eigenvalue weighted by Gasteiger charge is -1.99. The van der Waals surface area contributed by atoms with E-state index >= 15 is 0 Å². The van der Waals surface area contributed by atoms with Crippen LogP contribution in [-0.4, -0.2) is 9.97 Å². The van der Waals surface area contributed by atoms with Crippen molar-refractivity contribution >= 4 is 17.0 Å². The van der Waals surface area contributed by atoms with Gasteiger partial charge in [-0.2, -0.15) is 0 Å². The third-order valence-corrected chi connectivity index (χ3v) is 3.86. The van der Waals surface area contributed by atoms with Crippen molar-refractivity contribution in [3.05, 3.63) is 53.5 Å². The number of nitrogen functional groups attached to an aromatic ring is 1. The van der Waals surface area contributed by atoms with Gasteiger partial charge in [0.15, 0.2) is 0 Å². The van der Waals surface area contributed by atoms with Gasteiger partial charge in [0, 0.05) is 22.3 Å². The quantitative estimate of drug-likeness (QED) is 0.719. The molecule has 0 unspecified atom stereocenters. The number of anilines is 1. The zero-order valence-electron chi connectivity index (χ0n) is 10.5. The first kappa shape index (κ1) is 11.9. The van der Waals surface area contributed by atoms with Crippen molar-refractivity contribution in [1.82, 2.24) is 9.97 Å². The lowest BCUT2D eigenvalue weighted by atomic mass is 10.1. The van der Waals surface area contributed by atoms with Gasteiger partial charge in [-0.25, -0.2) is 4.98 Å². The van der Waals surface area contributed by atoms with Crippen molar-refractivity contribution in [2.45, 2.75) is 6.92 Å². The minimum Gasteiger partial charge on any atom is -0.399 e. The molecule has 3 aromatic rings. The largest absolute Gasteiger partial charge is 0.399 e. The molecule has 0 radical (unpaired) electrons. The smallest absolute Gasteiger partial charge is 0.142 e. The monoisotopic (exact) mass is 267 g/mol. The Bertz CT molecular complexity index is 687. The van der Waals surface area contributed by atoms with E-state index in [1.807, 2.05) is 42.5 Å². The molecule has 3 nitrogen and oxygen atoms in total. The molecule has 0 bridgehead atoms. The number of hydrogen-bond donors (Lipinski definition) is 1. The third-order valence-electron chi connectivity index (χ3n) is 2.86. The van der Waals surface area contributed by atoms with E-state index in [9.17, 15) is 0 Å². The van der Waals surface area contributed by atoms with E-state index in [0.29, 0.717) is 0 Å². The van der Waals surface area contributed by atoms with E-state index in [1.54, 1.807) is 17.5 Å². The maximum Gasteiger partial charge on any atom is 0.142 e. The van der Waals surface area contributed by atoms with Crippen molar-refractivity contribution in [3.63, 3.8) is 0 Å². The molecule has 2 N–H and O–H groups in total. The fraction of sp³-hybridized carbons (Fsp3) is 0.0667. The van der Waals surface area contributed by atoms with Gasteiger partial charge in [0.25, 0.3) is 0 Å². The van der Waals surface area contributed by atoms with E-state index in [4.69, 9.17) is 10.7 Å². The number of nitrogens with two attached hydrogens (primary N) is 1. The first-order valence-electron chi connectivity index (χ1n) is 5.99. The van der Waals surface area contributed by atoms with Gasteiger partial charge in [0.05, 0.1) is 11.4 Å². The van der Waals surface area contributed by atoms with E-state index < -0.39 is 0 Å². The highest BCUT2D eigenvalue weighted by atomic mass is 32.1. The van der Waals surface area contributed by atoms with Crippen LogP contribution < -0.4 is 5.73 Å². The predicted molar refractivity (Wildman–Crippen MR) is 79.9 cm³/mol. The van der Waals surface area contributed by atoms with Crippen molar-refractivity contribution in [1.29, 1.82) is 0 Å². The van der Waals surface area contributed by atoms with Crippen molar-refractivity contribution in [3.8, 4) is 22.0 Å². The molecule has 0 fully saturated rings. The molecule has 2 aromatic heterocycles. The predicted octanol–water partition coefficient (Wildman–Crippen LogP) is 3.76. The summed E-state index contributed by atoms with van der Waals surface area (Å²) in [4.78, 5) is 10.2. The molecule has 0 aliphatic rings. The Balaban J connectivity index is 2.05. The van der Waals surface area contributed by atoms with Gasteiger partial charge in [-0.15, -0.1) is 11.3 Å². The van der Waals surface area contributed by atoms with Crippen LogP contribution in [0, 0.1) is 6.92 Å². The molecule has 0 spiro atoms. The molecule has 0 amide bonds. The molecule has 0 saturated heterocycles. The summed E-state index contributed by atoms with van der Waals surface area (Å²) in [7, 11) is 0. The minimum atomic E-state index is 0.765. The van der Waals surface area contributed by atoms with Crippen LogP contribution in [0.15, 0.2) is 48.7 Å². The second-order valence-electron chi connectivity index (χ2n) is 4.26. The number of hydrogen-bond acceptors (Lipinski definition) is 4. The topological polar surface area (TPSA) is 51.8 Å². The molecule has 1 aromatic carbocycles. The SMILES string of the molecule is Cc1sc(-c2ccccn2)nc1-c1ccc(N)cc1. The zero-order valence-corrected chi connectivity index (χ0v) is 11.3. The van der Waals surface area contributed by atoms with Gasteiger partial charge in [-0.05, 0) is 31.2 Å². The van der Waals surface area contributed by atoms with Gasteiger partial charge in [-0.1, -0.05) is 18.2 Å². The van der Waals surface area contributed by atoms with Crippen molar-refractivity contribution in [2.75, 3.05) is 5.73 Å². The Morgan fingerprint density at radius 3 is 2.53 bits per heavy atom. The van der Waals surface area contributed by atoms with Crippen LogP contribution in [0.25, 0.3) is 22.0 Å². The van der Waals surface area contributed by atoms with Crippen LogP contribution >= 0.6 is 11.3 Å². The van der Waals surface area contributed by atoms with Crippen LogP contribution in [0.2, 0.25) is 0 Å². The molecule has 3 rings (SSSR count). The van der Waals surface area contributed by atoms with Crippen LogP contribution in [-0.2, 0) is 0 Å². The van der Waals surface area contributed by atoms with E-state index in [1.165, 1.54) is 4.88 Å². The molecule has 94 valence electrons. The van der Waals surface area contributed by atoms with Gasteiger partial charge < -0.3 is 5.73 Å². The molecule has 0 aliphatic heterocycles. The van der Waals surface area contributed by atoms with Crippen LogP contribution in [0.1, 0.15) is 4.88 Å². The summed E-state index contributed by atoms with van der Waals surface area (Å²) in [5, 5.41) is 0.949. The number of thiazole rings is 1. The van der Waals surface area contributed by atoms with Crippen molar-refractivity contribution < 1.29 is 0 Å². The van der Waals surface area contributed by atoms with E-state index in [0.717, 1.165) is 27.6 Å². The number of rotatable bonds is 2. The van der Waals surface area contributed by atoms with E-state index in [2.05, 4.69) is 11.9 Å².